The molecule has 1 aliphatic rings. The van der Waals surface area contributed by atoms with Gasteiger partial charge in [-0.3, -0.25) is 4.79 Å². The summed E-state index contributed by atoms with van der Waals surface area (Å²) in [5.74, 6) is 0.300. The Morgan fingerprint density at radius 1 is 0.935 bits per heavy atom. The van der Waals surface area contributed by atoms with Crippen LogP contribution in [-0.2, 0) is 6.54 Å². The van der Waals surface area contributed by atoms with Crippen LogP contribution in [0.1, 0.15) is 35.2 Å². The fraction of sp³-hybridized carbons (Fsp3) is 0.250. The van der Waals surface area contributed by atoms with E-state index in [1.807, 2.05) is 47.3 Å². The van der Waals surface area contributed by atoms with Crippen molar-refractivity contribution in [2.45, 2.75) is 25.8 Å². The molecule has 1 amide bonds. The van der Waals surface area contributed by atoms with Crippen LogP contribution < -0.4 is 10.2 Å². The zero-order chi connectivity index (χ0) is 21.0. The van der Waals surface area contributed by atoms with Crippen molar-refractivity contribution >= 4 is 28.4 Å². The summed E-state index contributed by atoms with van der Waals surface area (Å²) < 4.78 is 1.84. The van der Waals surface area contributed by atoms with Crippen molar-refractivity contribution in [2.24, 2.45) is 0 Å². The van der Waals surface area contributed by atoms with E-state index in [0.717, 1.165) is 35.4 Å². The van der Waals surface area contributed by atoms with Crippen molar-refractivity contribution in [2.75, 3.05) is 23.3 Å². The lowest BCUT2D eigenvalue weighted by Gasteiger charge is -2.28. The topological polar surface area (TPSA) is 75.9 Å². The van der Waals surface area contributed by atoms with Crippen LogP contribution in [0.2, 0.25) is 0 Å². The van der Waals surface area contributed by atoms with Crippen LogP contribution in [0.4, 0.5) is 11.5 Å². The number of anilines is 2. The third kappa shape index (κ3) is 4.26. The number of carbonyl (C=O) groups is 1. The van der Waals surface area contributed by atoms with Gasteiger partial charge in [0.15, 0.2) is 5.65 Å². The predicted octanol–water partition coefficient (Wildman–Crippen LogP) is 4.12. The number of aromatic nitrogens is 4. The average Bonchev–Trinajstić information content (AvgIpc) is 3.23. The average molecular weight is 412 g/mol. The highest BCUT2D eigenvalue weighted by atomic mass is 16.1. The molecule has 0 atom stereocenters. The van der Waals surface area contributed by atoms with Crippen LogP contribution in [-0.4, -0.2) is 38.7 Å². The molecule has 0 saturated carbocycles. The van der Waals surface area contributed by atoms with Crippen molar-refractivity contribution in [3.8, 4) is 0 Å². The second-order valence-corrected chi connectivity index (χ2v) is 7.83. The largest absolute Gasteiger partial charge is 0.370 e. The number of nitrogens with one attached hydrogen (secondary N) is 1. The maximum absolute atomic E-state index is 12.7. The standard InChI is InChI=1S/C24H24N6O/c31-24(28-22-10-9-21(16-25-22)29-11-5-2-6-12-29)20-13-19-15-27-30(23(19)26-14-20)17-18-7-3-1-4-8-18/h1,3-4,7-10,13-16H,2,5-6,11-12,17H2,(H,25,28,31). The number of carbonyl (C=O) groups excluding carboxylic acids is 1. The number of benzene rings is 1. The lowest BCUT2D eigenvalue weighted by atomic mass is 10.1. The van der Waals surface area contributed by atoms with E-state index in [0.29, 0.717) is 17.9 Å². The molecule has 156 valence electrons. The Kier molecular flexibility index (Phi) is 5.31. The molecule has 1 N–H and O–H groups in total. The van der Waals surface area contributed by atoms with Gasteiger partial charge in [0, 0.05) is 24.7 Å². The molecular weight excluding hydrogens is 388 g/mol. The zero-order valence-corrected chi connectivity index (χ0v) is 17.2. The van der Waals surface area contributed by atoms with Crippen LogP contribution in [0.15, 0.2) is 67.1 Å². The molecule has 0 unspecified atom stereocenters. The zero-order valence-electron chi connectivity index (χ0n) is 17.2. The number of rotatable bonds is 5. The number of hydrogen-bond acceptors (Lipinski definition) is 5. The van der Waals surface area contributed by atoms with Gasteiger partial charge in [-0.2, -0.15) is 5.10 Å². The second kappa shape index (κ2) is 8.55. The molecule has 4 heterocycles. The van der Waals surface area contributed by atoms with Gasteiger partial charge >= 0.3 is 0 Å². The molecule has 7 heteroatoms. The van der Waals surface area contributed by atoms with Gasteiger partial charge in [-0.25, -0.2) is 14.6 Å². The van der Waals surface area contributed by atoms with E-state index in [1.165, 1.54) is 19.3 Å². The molecule has 0 radical (unpaired) electrons. The molecule has 0 aliphatic carbocycles. The summed E-state index contributed by atoms with van der Waals surface area (Å²) >= 11 is 0. The smallest absolute Gasteiger partial charge is 0.258 e. The van der Waals surface area contributed by atoms with Gasteiger partial charge in [0.1, 0.15) is 5.82 Å². The molecule has 1 aromatic carbocycles. The van der Waals surface area contributed by atoms with Gasteiger partial charge in [-0.15, -0.1) is 0 Å². The maximum atomic E-state index is 12.7. The van der Waals surface area contributed by atoms with Gasteiger partial charge < -0.3 is 10.2 Å². The summed E-state index contributed by atoms with van der Waals surface area (Å²) in [5, 5.41) is 8.13. The van der Waals surface area contributed by atoms with E-state index >= 15 is 0 Å². The Balaban J connectivity index is 1.28. The minimum atomic E-state index is -0.233. The van der Waals surface area contributed by atoms with Crippen molar-refractivity contribution < 1.29 is 4.79 Å². The molecule has 1 aliphatic heterocycles. The summed E-state index contributed by atoms with van der Waals surface area (Å²) in [6.45, 7) is 2.77. The normalized spacial score (nSPS) is 14.0. The van der Waals surface area contributed by atoms with Crippen molar-refractivity contribution in [1.29, 1.82) is 0 Å². The Bertz CT molecular complexity index is 1180. The minimum Gasteiger partial charge on any atom is -0.370 e. The molecule has 3 aromatic heterocycles. The first kappa shape index (κ1) is 19.2. The van der Waals surface area contributed by atoms with E-state index in [9.17, 15) is 4.79 Å². The number of amides is 1. The second-order valence-electron chi connectivity index (χ2n) is 7.83. The van der Waals surface area contributed by atoms with E-state index in [1.54, 1.807) is 12.4 Å². The molecule has 0 spiro atoms. The van der Waals surface area contributed by atoms with E-state index < -0.39 is 0 Å². The quantitative estimate of drug-likeness (QED) is 0.534. The number of hydrogen-bond donors (Lipinski definition) is 1. The SMILES string of the molecule is O=C(Nc1ccc(N2CCCCC2)cn1)c1cnc2c(cnn2Cc2ccccc2)c1. The lowest BCUT2D eigenvalue weighted by molar-refractivity contribution is 0.102. The fourth-order valence-electron chi connectivity index (χ4n) is 3.96. The highest BCUT2D eigenvalue weighted by molar-refractivity contribution is 6.05. The molecule has 4 aromatic rings. The lowest BCUT2D eigenvalue weighted by Crippen LogP contribution is -2.29. The summed E-state index contributed by atoms with van der Waals surface area (Å²) in [6.07, 6.45) is 8.89. The van der Waals surface area contributed by atoms with E-state index in [4.69, 9.17) is 0 Å². The number of piperidine rings is 1. The third-order valence-electron chi connectivity index (χ3n) is 5.62. The summed E-state index contributed by atoms with van der Waals surface area (Å²) in [6, 6.07) is 15.8. The Morgan fingerprint density at radius 3 is 2.55 bits per heavy atom. The van der Waals surface area contributed by atoms with Gasteiger partial charge in [0.05, 0.1) is 30.2 Å². The third-order valence-corrected chi connectivity index (χ3v) is 5.62. The first-order chi connectivity index (χ1) is 15.3. The van der Waals surface area contributed by atoms with Gasteiger partial charge in [-0.1, -0.05) is 30.3 Å². The molecule has 7 nitrogen and oxygen atoms in total. The van der Waals surface area contributed by atoms with E-state index in [-0.39, 0.29) is 5.91 Å². The Morgan fingerprint density at radius 2 is 1.77 bits per heavy atom. The van der Waals surface area contributed by atoms with Gasteiger partial charge in [0.2, 0.25) is 0 Å². The molecule has 31 heavy (non-hydrogen) atoms. The van der Waals surface area contributed by atoms with Crippen LogP contribution >= 0.6 is 0 Å². The molecule has 0 bridgehead atoms. The van der Waals surface area contributed by atoms with Crippen molar-refractivity contribution in [3.05, 3.63) is 78.2 Å². The summed E-state index contributed by atoms with van der Waals surface area (Å²) in [5.41, 5.74) is 3.49. The summed E-state index contributed by atoms with van der Waals surface area (Å²) in [4.78, 5) is 24.0. The molecule has 5 rings (SSSR count). The number of fused-ring (bicyclic) bond motifs is 1. The number of pyridine rings is 2. The first-order valence-corrected chi connectivity index (χ1v) is 10.6. The van der Waals surface area contributed by atoms with Crippen LogP contribution in [0.3, 0.4) is 0 Å². The van der Waals surface area contributed by atoms with Gasteiger partial charge in [0.25, 0.3) is 5.91 Å². The highest BCUT2D eigenvalue weighted by Crippen LogP contribution is 2.21. The maximum Gasteiger partial charge on any atom is 0.258 e. The molecule has 1 saturated heterocycles. The van der Waals surface area contributed by atoms with Crippen molar-refractivity contribution in [3.63, 3.8) is 0 Å². The molecule has 1 fully saturated rings. The van der Waals surface area contributed by atoms with Crippen LogP contribution in [0.25, 0.3) is 11.0 Å². The summed E-state index contributed by atoms with van der Waals surface area (Å²) in [7, 11) is 0. The minimum absolute atomic E-state index is 0.233. The Labute approximate surface area is 180 Å². The van der Waals surface area contributed by atoms with E-state index in [2.05, 4.69) is 37.4 Å². The first-order valence-electron chi connectivity index (χ1n) is 10.6. The van der Waals surface area contributed by atoms with Gasteiger partial charge in [-0.05, 0) is 43.0 Å². The fourth-order valence-corrected chi connectivity index (χ4v) is 3.96. The van der Waals surface area contributed by atoms with Crippen molar-refractivity contribution in [1.82, 2.24) is 19.7 Å². The highest BCUT2D eigenvalue weighted by Gasteiger charge is 2.14. The molecular formula is C24H24N6O. The van der Waals surface area contributed by atoms with Crippen LogP contribution in [0.5, 0.6) is 0 Å². The monoisotopic (exact) mass is 412 g/mol. The number of nitrogens with zero attached hydrogens (tertiary/aromatic N) is 5. The Hall–Kier alpha value is -3.74. The predicted molar refractivity (Wildman–Crippen MR) is 121 cm³/mol. The van der Waals surface area contributed by atoms with Crippen LogP contribution in [0, 0.1) is 0 Å².